The Labute approximate surface area is 67.0 Å². The summed E-state index contributed by atoms with van der Waals surface area (Å²) in [4.78, 5) is 0. The molecule has 0 aromatic carbocycles. The monoisotopic (exact) mass is 157 g/mol. The molecule has 0 amide bonds. The topological polar surface area (TPSA) is 12.0 Å². The predicted octanol–water partition coefficient (Wildman–Crippen LogP) is 1.49. The Morgan fingerprint density at radius 3 is 2.70 bits per heavy atom. The van der Waals surface area contributed by atoms with Gasteiger partial charge in [-0.3, -0.25) is 0 Å². The molecular weight excluding hydrogens is 142 g/mol. The maximum Gasteiger partial charge on any atom is 0.0216 e. The average Bonchev–Trinajstić information content (AvgIpc) is 2.58. The van der Waals surface area contributed by atoms with Gasteiger partial charge in [0.2, 0.25) is 0 Å². The van der Waals surface area contributed by atoms with Crippen LogP contribution in [-0.4, -0.2) is 24.1 Å². The number of rotatable bonds is 2. The zero-order valence-electron chi connectivity index (χ0n) is 6.52. The zero-order valence-corrected chi connectivity index (χ0v) is 7.34. The third-order valence-corrected chi connectivity index (χ3v) is 4.16. The molecule has 0 aromatic heterocycles. The van der Waals surface area contributed by atoms with Crippen molar-refractivity contribution < 1.29 is 0 Å². The van der Waals surface area contributed by atoms with Gasteiger partial charge in [0.25, 0.3) is 0 Å². The Kier molecular flexibility index (Phi) is 1.69. The van der Waals surface area contributed by atoms with Crippen LogP contribution in [0, 0.1) is 5.92 Å². The minimum atomic E-state index is 0.601. The molecule has 1 saturated heterocycles. The van der Waals surface area contributed by atoms with Crippen LogP contribution in [0.3, 0.4) is 0 Å². The highest BCUT2D eigenvalue weighted by Crippen LogP contribution is 2.47. The molecule has 1 unspecified atom stereocenters. The summed E-state index contributed by atoms with van der Waals surface area (Å²) in [6, 6.07) is 0. The molecule has 0 bridgehead atoms. The number of hydrogen-bond donors (Lipinski definition) is 1. The number of nitrogens with one attached hydrogen (secondary N) is 1. The van der Waals surface area contributed by atoms with Crippen molar-refractivity contribution in [2.24, 2.45) is 5.92 Å². The first-order chi connectivity index (χ1) is 4.87. The summed E-state index contributed by atoms with van der Waals surface area (Å²) < 4.78 is 0. The van der Waals surface area contributed by atoms with Crippen molar-refractivity contribution in [1.82, 2.24) is 5.32 Å². The molecular formula is C8H15NS. The standard InChI is InChI=1S/C8H15NS/c1-9-8(3-4-8)7-2-5-10-6-7/h7,9H,2-6H2,1H3. The van der Waals surface area contributed by atoms with Crippen molar-refractivity contribution in [3.05, 3.63) is 0 Å². The van der Waals surface area contributed by atoms with Gasteiger partial charge in [-0.25, -0.2) is 0 Å². The van der Waals surface area contributed by atoms with Crippen LogP contribution >= 0.6 is 11.8 Å². The van der Waals surface area contributed by atoms with E-state index in [4.69, 9.17) is 0 Å². The van der Waals surface area contributed by atoms with Crippen LogP contribution in [-0.2, 0) is 0 Å². The second kappa shape index (κ2) is 2.42. The molecule has 58 valence electrons. The van der Waals surface area contributed by atoms with Gasteiger partial charge < -0.3 is 5.32 Å². The first-order valence-electron chi connectivity index (χ1n) is 4.14. The fourth-order valence-corrected chi connectivity index (χ4v) is 3.36. The second-order valence-corrected chi connectivity index (χ2v) is 4.62. The Balaban J connectivity index is 1.96. The van der Waals surface area contributed by atoms with Crippen molar-refractivity contribution >= 4 is 11.8 Å². The van der Waals surface area contributed by atoms with Gasteiger partial charge in [0.05, 0.1) is 0 Å². The van der Waals surface area contributed by atoms with Gasteiger partial charge in [-0.05, 0) is 43.7 Å². The molecule has 1 N–H and O–H groups in total. The number of thioether (sulfide) groups is 1. The van der Waals surface area contributed by atoms with Crippen LogP contribution in [0.2, 0.25) is 0 Å². The molecule has 0 aromatic rings. The van der Waals surface area contributed by atoms with Gasteiger partial charge >= 0.3 is 0 Å². The fourth-order valence-electron chi connectivity index (χ4n) is 1.97. The van der Waals surface area contributed by atoms with Crippen molar-refractivity contribution in [1.29, 1.82) is 0 Å². The highest BCUT2D eigenvalue weighted by Gasteiger charge is 2.48. The van der Waals surface area contributed by atoms with E-state index in [1.54, 1.807) is 0 Å². The van der Waals surface area contributed by atoms with E-state index in [-0.39, 0.29) is 0 Å². The van der Waals surface area contributed by atoms with Crippen molar-refractivity contribution in [3.63, 3.8) is 0 Å². The molecule has 1 saturated carbocycles. The molecule has 2 fully saturated rings. The van der Waals surface area contributed by atoms with E-state index in [0.29, 0.717) is 5.54 Å². The lowest BCUT2D eigenvalue weighted by Crippen LogP contribution is -2.35. The summed E-state index contributed by atoms with van der Waals surface area (Å²) in [5.41, 5.74) is 0.601. The van der Waals surface area contributed by atoms with Crippen molar-refractivity contribution in [2.45, 2.75) is 24.8 Å². The van der Waals surface area contributed by atoms with Crippen LogP contribution in [0.4, 0.5) is 0 Å². The van der Waals surface area contributed by atoms with Crippen LogP contribution in [0.15, 0.2) is 0 Å². The lowest BCUT2D eigenvalue weighted by Gasteiger charge is -2.20. The lowest BCUT2D eigenvalue weighted by molar-refractivity contribution is 0.387. The Bertz CT molecular complexity index is 125. The summed E-state index contributed by atoms with van der Waals surface area (Å²) in [5.74, 6) is 3.79. The predicted molar refractivity (Wildman–Crippen MR) is 46.5 cm³/mol. The van der Waals surface area contributed by atoms with Gasteiger partial charge in [-0.2, -0.15) is 11.8 Å². The molecule has 0 spiro atoms. The van der Waals surface area contributed by atoms with Gasteiger partial charge in [0.15, 0.2) is 0 Å². The molecule has 2 aliphatic rings. The van der Waals surface area contributed by atoms with Gasteiger partial charge in [0.1, 0.15) is 0 Å². The third kappa shape index (κ3) is 0.978. The first kappa shape index (κ1) is 6.99. The van der Waals surface area contributed by atoms with Crippen LogP contribution in [0.25, 0.3) is 0 Å². The zero-order chi connectivity index (χ0) is 7.03. The molecule has 1 heterocycles. The summed E-state index contributed by atoms with van der Waals surface area (Å²) in [6.45, 7) is 0. The maximum atomic E-state index is 3.48. The van der Waals surface area contributed by atoms with Crippen LogP contribution in [0.5, 0.6) is 0 Å². The molecule has 1 atom stereocenters. The largest absolute Gasteiger partial charge is 0.314 e. The Hall–Kier alpha value is 0.310. The van der Waals surface area contributed by atoms with Crippen molar-refractivity contribution in [2.75, 3.05) is 18.6 Å². The van der Waals surface area contributed by atoms with Crippen LogP contribution in [0.1, 0.15) is 19.3 Å². The van der Waals surface area contributed by atoms with E-state index in [1.807, 2.05) is 0 Å². The summed E-state index contributed by atoms with van der Waals surface area (Å²) in [7, 11) is 2.12. The van der Waals surface area contributed by atoms with E-state index in [2.05, 4.69) is 24.1 Å². The van der Waals surface area contributed by atoms with Crippen molar-refractivity contribution in [3.8, 4) is 0 Å². The average molecular weight is 157 g/mol. The van der Waals surface area contributed by atoms with Gasteiger partial charge in [-0.1, -0.05) is 0 Å². The molecule has 2 heteroatoms. The summed E-state index contributed by atoms with van der Waals surface area (Å²) in [5, 5.41) is 3.48. The highest BCUT2D eigenvalue weighted by atomic mass is 32.2. The number of hydrogen-bond acceptors (Lipinski definition) is 2. The van der Waals surface area contributed by atoms with E-state index in [1.165, 1.54) is 30.8 Å². The molecule has 1 aliphatic heterocycles. The minimum Gasteiger partial charge on any atom is -0.314 e. The van der Waals surface area contributed by atoms with E-state index in [9.17, 15) is 0 Å². The van der Waals surface area contributed by atoms with E-state index < -0.39 is 0 Å². The van der Waals surface area contributed by atoms with E-state index >= 15 is 0 Å². The third-order valence-electron chi connectivity index (χ3n) is 3.00. The Morgan fingerprint density at radius 2 is 2.30 bits per heavy atom. The maximum absolute atomic E-state index is 3.48. The summed E-state index contributed by atoms with van der Waals surface area (Å²) >= 11 is 2.12. The van der Waals surface area contributed by atoms with Crippen LogP contribution < -0.4 is 5.32 Å². The molecule has 1 nitrogen and oxygen atoms in total. The normalized spacial score (nSPS) is 36.3. The second-order valence-electron chi connectivity index (χ2n) is 3.47. The molecule has 0 radical (unpaired) electrons. The van der Waals surface area contributed by atoms with Gasteiger partial charge in [0, 0.05) is 5.54 Å². The van der Waals surface area contributed by atoms with E-state index in [0.717, 1.165) is 5.92 Å². The smallest absolute Gasteiger partial charge is 0.0216 e. The minimum absolute atomic E-state index is 0.601. The fraction of sp³-hybridized carbons (Fsp3) is 1.00. The highest BCUT2D eigenvalue weighted by molar-refractivity contribution is 7.99. The quantitative estimate of drug-likeness (QED) is 0.652. The Morgan fingerprint density at radius 1 is 1.50 bits per heavy atom. The molecule has 10 heavy (non-hydrogen) atoms. The van der Waals surface area contributed by atoms with Gasteiger partial charge in [-0.15, -0.1) is 0 Å². The summed E-state index contributed by atoms with van der Waals surface area (Å²) in [6.07, 6.45) is 4.30. The first-order valence-corrected chi connectivity index (χ1v) is 5.29. The molecule has 2 rings (SSSR count). The lowest BCUT2D eigenvalue weighted by atomic mass is 9.97. The molecule has 1 aliphatic carbocycles. The SMILES string of the molecule is CNC1(C2CCSC2)CC1.